The standard InChI is InChI=1S/C18H16Cl3N5O2S/c1-9(17(27)23-14-8-11(20)4-6-15(14)28-2)29-18-25-24-16(26(18)22)12-5-3-10(19)7-13(12)21/h3-9H,22H2,1-2H3,(H,23,27). The number of nitrogens with two attached hydrogens (primary N) is 1. The minimum Gasteiger partial charge on any atom is -0.495 e. The molecule has 7 nitrogen and oxygen atoms in total. The Morgan fingerprint density at radius 3 is 2.55 bits per heavy atom. The van der Waals surface area contributed by atoms with E-state index in [1.807, 2.05) is 0 Å². The Morgan fingerprint density at radius 2 is 1.86 bits per heavy atom. The minimum absolute atomic E-state index is 0.273. The maximum absolute atomic E-state index is 12.6. The lowest BCUT2D eigenvalue weighted by molar-refractivity contribution is -0.115. The summed E-state index contributed by atoms with van der Waals surface area (Å²) in [4.78, 5) is 12.6. The molecule has 29 heavy (non-hydrogen) atoms. The number of nitrogens with one attached hydrogen (secondary N) is 1. The van der Waals surface area contributed by atoms with Crippen molar-refractivity contribution in [2.75, 3.05) is 18.3 Å². The van der Waals surface area contributed by atoms with Gasteiger partial charge in [0.2, 0.25) is 11.1 Å². The van der Waals surface area contributed by atoms with Crippen LogP contribution in [0.3, 0.4) is 0 Å². The number of thioether (sulfide) groups is 1. The third-order valence-electron chi connectivity index (χ3n) is 3.91. The molecule has 0 saturated carbocycles. The van der Waals surface area contributed by atoms with Gasteiger partial charge >= 0.3 is 0 Å². The van der Waals surface area contributed by atoms with Gasteiger partial charge in [0.05, 0.1) is 23.1 Å². The molecular formula is C18H16Cl3N5O2S. The molecule has 0 fully saturated rings. The van der Waals surface area contributed by atoms with Crippen LogP contribution in [0.4, 0.5) is 5.69 Å². The Labute approximate surface area is 186 Å². The van der Waals surface area contributed by atoms with Crippen LogP contribution in [0, 0.1) is 0 Å². The second kappa shape index (κ2) is 9.13. The highest BCUT2D eigenvalue weighted by atomic mass is 35.5. The highest BCUT2D eigenvalue weighted by molar-refractivity contribution is 8.00. The van der Waals surface area contributed by atoms with Gasteiger partial charge in [0.15, 0.2) is 5.82 Å². The summed E-state index contributed by atoms with van der Waals surface area (Å²) in [6, 6.07) is 9.94. The maximum Gasteiger partial charge on any atom is 0.237 e. The van der Waals surface area contributed by atoms with Crippen molar-refractivity contribution in [3.63, 3.8) is 0 Å². The van der Waals surface area contributed by atoms with Crippen LogP contribution >= 0.6 is 46.6 Å². The lowest BCUT2D eigenvalue weighted by atomic mass is 10.2. The van der Waals surface area contributed by atoms with Crippen molar-refractivity contribution >= 4 is 58.2 Å². The summed E-state index contributed by atoms with van der Waals surface area (Å²) in [5.74, 6) is 6.71. The van der Waals surface area contributed by atoms with Crippen molar-refractivity contribution in [1.29, 1.82) is 0 Å². The zero-order valence-corrected chi connectivity index (χ0v) is 18.4. The Morgan fingerprint density at radius 1 is 1.17 bits per heavy atom. The molecule has 0 aliphatic rings. The van der Waals surface area contributed by atoms with E-state index >= 15 is 0 Å². The normalized spacial score (nSPS) is 11.9. The first-order chi connectivity index (χ1) is 13.8. The van der Waals surface area contributed by atoms with Crippen molar-refractivity contribution < 1.29 is 9.53 Å². The van der Waals surface area contributed by atoms with E-state index in [1.165, 1.54) is 11.8 Å². The number of ether oxygens (including phenoxy) is 1. The summed E-state index contributed by atoms with van der Waals surface area (Å²) in [7, 11) is 1.51. The molecule has 0 aliphatic heterocycles. The van der Waals surface area contributed by atoms with Crippen LogP contribution < -0.4 is 15.9 Å². The number of methoxy groups -OCH3 is 1. The zero-order valence-electron chi connectivity index (χ0n) is 15.3. The fourth-order valence-electron chi connectivity index (χ4n) is 2.44. The van der Waals surface area contributed by atoms with Gasteiger partial charge in [0.25, 0.3) is 0 Å². The monoisotopic (exact) mass is 471 g/mol. The summed E-state index contributed by atoms with van der Waals surface area (Å²) in [5.41, 5.74) is 1.05. The van der Waals surface area contributed by atoms with Gasteiger partial charge < -0.3 is 15.9 Å². The maximum atomic E-state index is 12.6. The second-order valence-electron chi connectivity index (χ2n) is 5.89. The number of rotatable bonds is 6. The summed E-state index contributed by atoms with van der Waals surface area (Å²) < 4.78 is 6.52. The van der Waals surface area contributed by atoms with Crippen molar-refractivity contribution in [3.05, 3.63) is 51.5 Å². The lowest BCUT2D eigenvalue weighted by Gasteiger charge is -2.14. The third-order valence-corrected chi connectivity index (χ3v) is 5.75. The average Bonchev–Trinajstić information content (AvgIpc) is 3.02. The van der Waals surface area contributed by atoms with E-state index in [-0.39, 0.29) is 5.91 Å². The first-order valence-electron chi connectivity index (χ1n) is 8.27. The molecule has 3 rings (SSSR count). The molecule has 0 radical (unpaired) electrons. The highest BCUT2D eigenvalue weighted by Crippen LogP contribution is 2.32. The van der Waals surface area contributed by atoms with E-state index < -0.39 is 5.25 Å². The number of carbonyl (C=O) groups excluding carboxylic acids is 1. The first kappa shape index (κ1) is 21.6. The average molecular weight is 473 g/mol. The van der Waals surface area contributed by atoms with E-state index in [0.717, 1.165) is 11.8 Å². The van der Waals surface area contributed by atoms with Crippen molar-refractivity contribution in [2.24, 2.45) is 0 Å². The van der Waals surface area contributed by atoms with E-state index in [2.05, 4.69) is 15.5 Å². The number of benzene rings is 2. The van der Waals surface area contributed by atoms with Gasteiger partial charge in [-0.15, -0.1) is 10.2 Å². The molecule has 1 atom stereocenters. The molecule has 0 spiro atoms. The number of aromatic nitrogens is 3. The summed E-state index contributed by atoms with van der Waals surface area (Å²) in [6.45, 7) is 1.72. The second-order valence-corrected chi connectivity index (χ2v) is 8.48. The molecule has 11 heteroatoms. The molecule has 1 amide bonds. The largest absolute Gasteiger partial charge is 0.495 e. The quantitative estimate of drug-likeness (QED) is 0.397. The Bertz CT molecular complexity index is 1060. The number of hydrogen-bond donors (Lipinski definition) is 2. The van der Waals surface area contributed by atoms with Crippen molar-refractivity contribution in [1.82, 2.24) is 14.9 Å². The Hall–Kier alpha value is -2.13. The van der Waals surface area contributed by atoms with Gasteiger partial charge in [-0.2, -0.15) is 0 Å². The predicted molar refractivity (Wildman–Crippen MR) is 118 cm³/mol. The number of amides is 1. The number of hydrogen-bond acceptors (Lipinski definition) is 6. The van der Waals surface area contributed by atoms with Gasteiger partial charge in [-0.25, -0.2) is 4.68 Å². The number of anilines is 1. The number of nitrogens with zero attached hydrogens (tertiary/aromatic N) is 3. The molecular weight excluding hydrogens is 457 g/mol. The Balaban J connectivity index is 1.76. The molecule has 0 bridgehead atoms. The molecule has 3 N–H and O–H groups in total. The molecule has 1 aromatic heterocycles. The van der Waals surface area contributed by atoms with E-state index in [0.29, 0.717) is 43.0 Å². The Kier molecular flexibility index (Phi) is 6.79. The van der Waals surface area contributed by atoms with Gasteiger partial charge in [-0.1, -0.05) is 46.6 Å². The third kappa shape index (κ3) is 4.90. The first-order valence-corrected chi connectivity index (χ1v) is 10.3. The minimum atomic E-state index is -0.529. The van der Waals surface area contributed by atoms with Gasteiger partial charge in [0, 0.05) is 15.6 Å². The number of carbonyl (C=O) groups is 1. The molecule has 3 aromatic rings. The van der Waals surface area contributed by atoms with Crippen LogP contribution in [0.1, 0.15) is 6.92 Å². The summed E-state index contributed by atoms with van der Waals surface area (Å²) in [5, 5.41) is 12.1. The van der Waals surface area contributed by atoms with Crippen LogP contribution in [-0.2, 0) is 4.79 Å². The van der Waals surface area contributed by atoms with Gasteiger partial charge in [0.1, 0.15) is 5.75 Å². The molecule has 0 aliphatic carbocycles. The topological polar surface area (TPSA) is 95.1 Å². The highest BCUT2D eigenvalue weighted by Gasteiger charge is 2.22. The van der Waals surface area contributed by atoms with Gasteiger partial charge in [-0.05, 0) is 43.3 Å². The van der Waals surface area contributed by atoms with Crippen LogP contribution in [0.2, 0.25) is 15.1 Å². The molecule has 2 aromatic carbocycles. The van der Waals surface area contributed by atoms with Crippen LogP contribution in [0.15, 0.2) is 41.6 Å². The number of nitrogen functional groups attached to an aromatic ring is 1. The van der Waals surface area contributed by atoms with Crippen molar-refractivity contribution in [3.8, 4) is 17.1 Å². The van der Waals surface area contributed by atoms with Crippen LogP contribution in [0.25, 0.3) is 11.4 Å². The van der Waals surface area contributed by atoms with Crippen molar-refractivity contribution in [2.45, 2.75) is 17.3 Å². The smallest absolute Gasteiger partial charge is 0.237 e. The fraction of sp³-hybridized carbons (Fsp3) is 0.167. The lowest BCUT2D eigenvalue weighted by Crippen LogP contribution is -2.24. The van der Waals surface area contributed by atoms with Gasteiger partial charge in [-0.3, -0.25) is 4.79 Å². The van der Waals surface area contributed by atoms with Crippen LogP contribution in [0.5, 0.6) is 5.75 Å². The van der Waals surface area contributed by atoms with E-state index in [9.17, 15) is 4.79 Å². The van der Waals surface area contributed by atoms with Crippen LogP contribution in [-0.4, -0.2) is 33.1 Å². The molecule has 1 unspecified atom stereocenters. The fourth-order valence-corrected chi connectivity index (χ4v) is 3.87. The number of halogens is 3. The van der Waals surface area contributed by atoms with E-state index in [4.69, 9.17) is 45.4 Å². The summed E-state index contributed by atoms with van der Waals surface area (Å²) in [6.07, 6.45) is 0. The predicted octanol–water partition coefficient (Wildman–Crippen LogP) is 4.75. The zero-order chi connectivity index (χ0) is 21.1. The SMILES string of the molecule is COc1ccc(Cl)cc1NC(=O)C(C)Sc1nnc(-c2ccc(Cl)cc2Cl)n1N. The molecule has 0 saturated heterocycles. The van der Waals surface area contributed by atoms with E-state index in [1.54, 1.807) is 43.3 Å². The molecule has 1 heterocycles. The molecule has 152 valence electrons. The summed E-state index contributed by atoms with van der Waals surface area (Å²) >= 11 is 19.3.